The van der Waals surface area contributed by atoms with Gasteiger partial charge in [0.1, 0.15) is 0 Å². The Labute approximate surface area is 111 Å². The molecule has 0 unspecified atom stereocenters. The van der Waals surface area contributed by atoms with Gasteiger partial charge >= 0.3 is 6.18 Å². The topological polar surface area (TPSA) is 17.3 Å². The second kappa shape index (κ2) is 4.13. The minimum atomic E-state index is -4.37. The van der Waals surface area contributed by atoms with Crippen molar-refractivity contribution in [2.24, 2.45) is 0 Å². The van der Waals surface area contributed by atoms with Gasteiger partial charge in [0.25, 0.3) is 0 Å². The number of hydrogen-bond donors (Lipinski definition) is 0. The Kier molecular flexibility index (Phi) is 2.67. The van der Waals surface area contributed by atoms with E-state index in [1.807, 2.05) is 12.1 Å². The van der Waals surface area contributed by atoms with Crippen molar-refractivity contribution in [2.45, 2.75) is 12.1 Å². The summed E-state index contributed by atoms with van der Waals surface area (Å²) in [4.78, 5) is 4.22. The first-order chi connectivity index (χ1) is 9.00. The summed E-state index contributed by atoms with van der Waals surface area (Å²) in [7, 11) is 0. The van der Waals surface area contributed by atoms with Gasteiger partial charge in [0.2, 0.25) is 0 Å². The summed E-state index contributed by atoms with van der Waals surface area (Å²) in [6.07, 6.45) is -2.59. The highest BCUT2D eigenvalue weighted by molar-refractivity contribution is 6.17. The maximum Gasteiger partial charge on any atom is 0.416 e. The average Bonchev–Trinajstić information content (AvgIpc) is 2.85. The summed E-state index contributed by atoms with van der Waals surface area (Å²) in [5, 5.41) is 0. The Hall–Kier alpha value is -1.75. The zero-order valence-electron chi connectivity index (χ0n) is 9.58. The van der Waals surface area contributed by atoms with E-state index < -0.39 is 11.7 Å². The lowest BCUT2D eigenvalue weighted by Crippen LogP contribution is -2.05. The van der Waals surface area contributed by atoms with Crippen LogP contribution in [0.3, 0.4) is 0 Å². The molecule has 2 nitrogen and oxygen atoms in total. The molecule has 0 fully saturated rings. The van der Waals surface area contributed by atoms with E-state index in [0.29, 0.717) is 11.2 Å². The molecule has 98 valence electrons. The molecule has 2 aromatic heterocycles. The average molecular weight is 285 g/mol. The maximum absolute atomic E-state index is 12.7. The van der Waals surface area contributed by atoms with Crippen LogP contribution in [-0.4, -0.2) is 9.38 Å². The van der Waals surface area contributed by atoms with Crippen molar-refractivity contribution in [3.05, 3.63) is 47.8 Å². The van der Waals surface area contributed by atoms with Gasteiger partial charge in [-0.05, 0) is 30.3 Å². The minimum Gasteiger partial charge on any atom is -0.313 e. The molecule has 3 rings (SSSR count). The lowest BCUT2D eigenvalue weighted by atomic mass is 10.2. The third kappa shape index (κ3) is 1.94. The van der Waals surface area contributed by atoms with Gasteiger partial charge in [-0.25, -0.2) is 4.98 Å². The smallest absolute Gasteiger partial charge is 0.313 e. The zero-order valence-corrected chi connectivity index (χ0v) is 10.3. The molecule has 0 radical (unpaired) electrons. The van der Waals surface area contributed by atoms with Crippen molar-refractivity contribution in [2.75, 3.05) is 0 Å². The first-order valence-corrected chi connectivity index (χ1v) is 6.07. The molecule has 1 aromatic carbocycles. The Morgan fingerprint density at radius 2 is 1.95 bits per heavy atom. The van der Waals surface area contributed by atoms with Crippen LogP contribution in [0.15, 0.2) is 36.5 Å². The molecule has 0 atom stereocenters. The summed E-state index contributed by atoms with van der Waals surface area (Å²) in [6, 6.07) is 7.18. The van der Waals surface area contributed by atoms with Crippen LogP contribution in [0, 0.1) is 0 Å². The van der Waals surface area contributed by atoms with Gasteiger partial charge in [-0.2, -0.15) is 13.2 Å². The lowest BCUT2D eigenvalue weighted by Gasteiger charge is -2.10. The van der Waals surface area contributed by atoms with E-state index in [2.05, 4.69) is 4.98 Å². The van der Waals surface area contributed by atoms with Crippen molar-refractivity contribution >= 4 is 28.2 Å². The molecule has 6 heteroatoms. The van der Waals surface area contributed by atoms with Crippen LogP contribution in [0.2, 0.25) is 0 Å². The maximum atomic E-state index is 12.7. The van der Waals surface area contributed by atoms with Gasteiger partial charge in [-0.1, -0.05) is 0 Å². The molecule has 0 saturated carbocycles. The Bertz CT molecular complexity index is 761. The van der Waals surface area contributed by atoms with E-state index in [1.165, 1.54) is 6.07 Å². The highest BCUT2D eigenvalue weighted by Crippen LogP contribution is 2.31. The van der Waals surface area contributed by atoms with Crippen LogP contribution in [0.25, 0.3) is 16.6 Å². The van der Waals surface area contributed by atoms with Crippen LogP contribution in [0.1, 0.15) is 11.3 Å². The summed E-state index contributed by atoms with van der Waals surface area (Å²) < 4.78 is 39.9. The van der Waals surface area contributed by atoms with Gasteiger partial charge in [0.05, 0.1) is 33.7 Å². The van der Waals surface area contributed by atoms with Gasteiger partial charge in [0.15, 0.2) is 0 Å². The fourth-order valence-corrected chi connectivity index (χ4v) is 2.32. The van der Waals surface area contributed by atoms with Gasteiger partial charge in [-0.15, -0.1) is 11.6 Å². The number of nitrogens with zero attached hydrogens (tertiary/aromatic N) is 2. The van der Waals surface area contributed by atoms with E-state index in [9.17, 15) is 13.2 Å². The molecule has 3 aromatic rings. The highest BCUT2D eigenvalue weighted by Gasteiger charge is 2.30. The van der Waals surface area contributed by atoms with Gasteiger partial charge in [-0.3, -0.25) is 0 Å². The molecule has 0 saturated heterocycles. The van der Waals surface area contributed by atoms with Crippen molar-refractivity contribution in [1.82, 2.24) is 9.38 Å². The number of halogens is 4. The van der Waals surface area contributed by atoms with Crippen molar-refractivity contribution < 1.29 is 13.2 Å². The number of benzene rings is 1. The number of aromatic nitrogens is 2. The molecular weight excluding hydrogens is 277 g/mol. The SMILES string of the molecule is FC(F)(F)c1ccc2c(c1)nc(CCl)c1cccn12. The van der Waals surface area contributed by atoms with Crippen LogP contribution in [-0.2, 0) is 12.1 Å². The predicted octanol–water partition coefficient (Wildman–Crippen LogP) is 4.25. The zero-order chi connectivity index (χ0) is 13.6. The van der Waals surface area contributed by atoms with E-state index in [0.717, 1.165) is 17.6 Å². The van der Waals surface area contributed by atoms with Crippen LogP contribution < -0.4 is 0 Å². The fraction of sp³-hybridized carbons (Fsp3) is 0.154. The van der Waals surface area contributed by atoms with Gasteiger partial charge < -0.3 is 4.40 Å². The van der Waals surface area contributed by atoms with Crippen LogP contribution in [0.4, 0.5) is 13.2 Å². The summed E-state index contributed by atoms with van der Waals surface area (Å²) in [5.74, 6) is 0.152. The summed E-state index contributed by atoms with van der Waals surface area (Å²) in [6.45, 7) is 0. The molecule has 0 aliphatic rings. The van der Waals surface area contributed by atoms with E-state index in [1.54, 1.807) is 10.6 Å². The van der Waals surface area contributed by atoms with Crippen LogP contribution in [0.5, 0.6) is 0 Å². The predicted molar refractivity (Wildman–Crippen MR) is 67.3 cm³/mol. The monoisotopic (exact) mass is 284 g/mol. The second-order valence-corrected chi connectivity index (χ2v) is 4.42. The minimum absolute atomic E-state index is 0.152. The summed E-state index contributed by atoms with van der Waals surface area (Å²) >= 11 is 5.79. The van der Waals surface area contributed by atoms with E-state index in [-0.39, 0.29) is 11.4 Å². The molecule has 0 bridgehead atoms. The number of alkyl halides is 4. The molecule has 0 amide bonds. The number of rotatable bonds is 1. The molecule has 19 heavy (non-hydrogen) atoms. The largest absolute Gasteiger partial charge is 0.416 e. The Morgan fingerprint density at radius 1 is 1.16 bits per heavy atom. The number of hydrogen-bond acceptors (Lipinski definition) is 1. The summed E-state index contributed by atoms with van der Waals surface area (Å²) in [5.41, 5.74) is 1.58. The normalized spacial score (nSPS) is 12.4. The highest BCUT2D eigenvalue weighted by atomic mass is 35.5. The first-order valence-electron chi connectivity index (χ1n) is 5.53. The van der Waals surface area contributed by atoms with Crippen molar-refractivity contribution in [3.63, 3.8) is 0 Å². The molecule has 0 aliphatic carbocycles. The molecular formula is C13H8ClF3N2. The molecule has 0 aliphatic heterocycles. The quantitative estimate of drug-likeness (QED) is 0.611. The number of fused-ring (bicyclic) bond motifs is 3. The Morgan fingerprint density at radius 3 is 2.63 bits per heavy atom. The molecule has 2 heterocycles. The third-order valence-corrected chi connectivity index (χ3v) is 3.24. The first kappa shape index (κ1) is 12.3. The van der Waals surface area contributed by atoms with E-state index >= 15 is 0 Å². The van der Waals surface area contributed by atoms with E-state index in [4.69, 9.17) is 11.6 Å². The standard InChI is InChI=1S/C13H8ClF3N2/c14-7-10-11-2-1-5-19(11)12-4-3-8(13(15,16)17)6-9(12)18-10/h1-6H,7H2. The lowest BCUT2D eigenvalue weighted by molar-refractivity contribution is -0.137. The Balaban J connectivity index is 2.37. The fourth-order valence-electron chi connectivity index (χ4n) is 2.12. The third-order valence-electron chi connectivity index (χ3n) is 2.99. The van der Waals surface area contributed by atoms with Crippen molar-refractivity contribution in [1.29, 1.82) is 0 Å². The molecule has 0 N–H and O–H groups in total. The van der Waals surface area contributed by atoms with Crippen molar-refractivity contribution in [3.8, 4) is 0 Å². The molecule has 0 spiro atoms. The van der Waals surface area contributed by atoms with Crippen LogP contribution >= 0.6 is 11.6 Å². The van der Waals surface area contributed by atoms with Gasteiger partial charge in [0, 0.05) is 6.20 Å². The second-order valence-electron chi connectivity index (χ2n) is 4.16.